The van der Waals surface area contributed by atoms with Crippen LogP contribution in [0.25, 0.3) is 0 Å². The molecule has 0 aromatic rings. The van der Waals surface area contributed by atoms with Crippen molar-refractivity contribution in [2.45, 2.75) is 60.0 Å². The van der Waals surface area contributed by atoms with Crippen molar-refractivity contribution in [3.8, 4) is 0 Å². The molecular weight excluding hydrogens is 202 g/mol. The average Bonchev–Trinajstić information content (AvgIpc) is 2.08. The van der Waals surface area contributed by atoms with Gasteiger partial charge in [-0.1, -0.05) is 27.2 Å². The highest BCUT2D eigenvalue weighted by Crippen LogP contribution is 2.18. The molecule has 0 aliphatic heterocycles. The van der Waals surface area contributed by atoms with Crippen molar-refractivity contribution in [2.75, 3.05) is 6.54 Å². The number of carbonyl (C=O) groups is 1. The highest BCUT2D eigenvalue weighted by molar-refractivity contribution is 5.67. The summed E-state index contributed by atoms with van der Waals surface area (Å²) in [5, 5.41) is 2.80. The maximum Gasteiger partial charge on any atom is 0.407 e. The smallest absolute Gasteiger partial charge is 0.407 e. The van der Waals surface area contributed by atoms with E-state index in [4.69, 9.17) is 4.74 Å². The molecule has 1 N–H and O–H groups in total. The number of nitrogens with one attached hydrogen (secondary N) is 1. The quantitative estimate of drug-likeness (QED) is 0.782. The normalized spacial score (nSPS) is 13.7. The summed E-state index contributed by atoms with van der Waals surface area (Å²) >= 11 is 0. The van der Waals surface area contributed by atoms with Gasteiger partial charge in [0.1, 0.15) is 5.60 Å². The van der Waals surface area contributed by atoms with Gasteiger partial charge in [0.05, 0.1) is 0 Å². The molecule has 0 radical (unpaired) electrons. The van der Waals surface area contributed by atoms with Gasteiger partial charge in [-0.2, -0.15) is 0 Å². The fraction of sp³-hybridized carbons (Fsp3) is 0.923. The molecule has 0 aromatic heterocycles. The van der Waals surface area contributed by atoms with Crippen molar-refractivity contribution in [3.63, 3.8) is 0 Å². The Balaban J connectivity index is 3.77. The van der Waals surface area contributed by atoms with E-state index in [0.717, 1.165) is 12.8 Å². The first-order valence-electron chi connectivity index (χ1n) is 6.23. The Hall–Kier alpha value is -0.730. The maximum absolute atomic E-state index is 11.4. The highest BCUT2D eigenvalue weighted by Gasteiger charge is 2.16. The van der Waals surface area contributed by atoms with E-state index >= 15 is 0 Å². The number of amides is 1. The second kappa shape index (κ2) is 6.77. The third kappa shape index (κ3) is 7.55. The first-order valence-corrected chi connectivity index (χ1v) is 6.23. The van der Waals surface area contributed by atoms with Crippen LogP contribution in [-0.2, 0) is 4.74 Å². The molecule has 3 nitrogen and oxygen atoms in total. The molecule has 0 spiro atoms. The minimum atomic E-state index is -0.410. The summed E-state index contributed by atoms with van der Waals surface area (Å²) in [6.07, 6.45) is 1.87. The van der Waals surface area contributed by atoms with Crippen LogP contribution in [0.1, 0.15) is 54.4 Å². The van der Waals surface area contributed by atoms with Crippen LogP contribution in [0.5, 0.6) is 0 Å². The van der Waals surface area contributed by atoms with Gasteiger partial charge in [0.2, 0.25) is 0 Å². The molecule has 0 rings (SSSR count). The Morgan fingerprint density at radius 2 is 1.88 bits per heavy atom. The lowest BCUT2D eigenvalue weighted by atomic mass is 9.90. The van der Waals surface area contributed by atoms with Crippen LogP contribution < -0.4 is 5.32 Å². The molecule has 0 saturated heterocycles. The molecule has 3 heteroatoms. The molecule has 1 atom stereocenters. The van der Waals surface area contributed by atoms with Crippen molar-refractivity contribution in [3.05, 3.63) is 0 Å². The Labute approximate surface area is 99.9 Å². The molecule has 0 fully saturated rings. The Bertz CT molecular complexity index is 206. The van der Waals surface area contributed by atoms with Crippen molar-refractivity contribution in [2.24, 2.45) is 11.8 Å². The van der Waals surface area contributed by atoms with Crippen LogP contribution >= 0.6 is 0 Å². The van der Waals surface area contributed by atoms with Crippen LogP contribution in [0.2, 0.25) is 0 Å². The third-order valence-corrected chi connectivity index (χ3v) is 2.65. The second-order valence-electron chi connectivity index (χ2n) is 5.63. The van der Waals surface area contributed by atoms with Crippen molar-refractivity contribution in [1.29, 1.82) is 0 Å². The number of hydrogen-bond acceptors (Lipinski definition) is 2. The molecule has 0 aliphatic rings. The van der Waals surface area contributed by atoms with Gasteiger partial charge in [0.25, 0.3) is 0 Å². The standard InChI is InChI=1S/C13H27NO2/c1-7-11(10(2)3)8-9-14-12(15)16-13(4,5)6/h10-11H,7-9H2,1-6H3,(H,14,15). The van der Waals surface area contributed by atoms with Crippen LogP contribution in [-0.4, -0.2) is 18.2 Å². The minimum Gasteiger partial charge on any atom is -0.444 e. The van der Waals surface area contributed by atoms with Crippen molar-refractivity contribution < 1.29 is 9.53 Å². The predicted octanol–water partition coefficient (Wildman–Crippen LogP) is 3.58. The van der Waals surface area contributed by atoms with E-state index in [1.54, 1.807) is 0 Å². The molecule has 0 bridgehead atoms. The fourth-order valence-electron chi connectivity index (χ4n) is 1.68. The van der Waals surface area contributed by atoms with E-state index in [0.29, 0.717) is 18.4 Å². The van der Waals surface area contributed by atoms with Gasteiger partial charge in [-0.05, 0) is 39.0 Å². The van der Waals surface area contributed by atoms with Crippen LogP contribution in [0.4, 0.5) is 4.79 Å². The number of hydrogen-bond donors (Lipinski definition) is 1. The third-order valence-electron chi connectivity index (χ3n) is 2.65. The van der Waals surface area contributed by atoms with Gasteiger partial charge in [0.15, 0.2) is 0 Å². The lowest BCUT2D eigenvalue weighted by molar-refractivity contribution is 0.0523. The zero-order valence-electron chi connectivity index (χ0n) is 11.6. The summed E-state index contributed by atoms with van der Waals surface area (Å²) in [6.45, 7) is 13.0. The summed E-state index contributed by atoms with van der Waals surface area (Å²) in [4.78, 5) is 11.4. The zero-order valence-corrected chi connectivity index (χ0v) is 11.6. The Kier molecular flexibility index (Phi) is 6.46. The van der Waals surface area contributed by atoms with E-state index < -0.39 is 5.60 Å². The first-order chi connectivity index (χ1) is 7.26. The molecule has 1 unspecified atom stereocenters. The number of carbonyl (C=O) groups excluding carboxylic acids is 1. The molecule has 0 aromatic carbocycles. The van der Waals surface area contributed by atoms with Gasteiger partial charge in [0, 0.05) is 6.54 Å². The predicted molar refractivity (Wildman–Crippen MR) is 67.5 cm³/mol. The van der Waals surface area contributed by atoms with Crippen molar-refractivity contribution in [1.82, 2.24) is 5.32 Å². The van der Waals surface area contributed by atoms with Crippen molar-refractivity contribution >= 4 is 6.09 Å². The summed E-state index contributed by atoms with van der Waals surface area (Å²) in [7, 11) is 0. The molecule has 0 heterocycles. The highest BCUT2D eigenvalue weighted by atomic mass is 16.6. The number of ether oxygens (including phenoxy) is 1. The van der Waals surface area contributed by atoms with Crippen LogP contribution in [0, 0.1) is 11.8 Å². The lowest BCUT2D eigenvalue weighted by Gasteiger charge is -2.21. The van der Waals surface area contributed by atoms with Gasteiger partial charge in [-0.25, -0.2) is 4.79 Å². The second-order valence-corrected chi connectivity index (χ2v) is 5.63. The topological polar surface area (TPSA) is 38.3 Å². The number of alkyl carbamates (subject to hydrolysis) is 1. The summed E-state index contributed by atoms with van der Waals surface area (Å²) < 4.78 is 5.16. The Morgan fingerprint density at radius 3 is 2.25 bits per heavy atom. The van der Waals surface area contributed by atoms with E-state index in [1.165, 1.54) is 0 Å². The summed E-state index contributed by atoms with van der Waals surface area (Å²) in [5.74, 6) is 1.35. The van der Waals surface area contributed by atoms with Crippen LogP contribution in [0.3, 0.4) is 0 Å². The van der Waals surface area contributed by atoms with Gasteiger partial charge in [-0.15, -0.1) is 0 Å². The fourth-order valence-corrected chi connectivity index (χ4v) is 1.68. The van der Waals surface area contributed by atoms with Crippen LogP contribution in [0.15, 0.2) is 0 Å². The number of rotatable bonds is 5. The molecule has 1 amide bonds. The molecule has 0 aliphatic carbocycles. The summed E-state index contributed by atoms with van der Waals surface area (Å²) in [5.41, 5.74) is -0.410. The minimum absolute atomic E-state index is 0.314. The van der Waals surface area contributed by atoms with E-state index in [2.05, 4.69) is 26.1 Å². The van der Waals surface area contributed by atoms with Gasteiger partial charge < -0.3 is 10.1 Å². The zero-order chi connectivity index (χ0) is 12.8. The van der Waals surface area contributed by atoms with Gasteiger partial charge in [-0.3, -0.25) is 0 Å². The van der Waals surface area contributed by atoms with E-state index in [9.17, 15) is 4.79 Å². The lowest BCUT2D eigenvalue weighted by Crippen LogP contribution is -2.33. The monoisotopic (exact) mass is 229 g/mol. The van der Waals surface area contributed by atoms with E-state index in [1.807, 2.05) is 20.8 Å². The largest absolute Gasteiger partial charge is 0.444 e. The molecule has 0 saturated carbocycles. The molecular formula is C13H27NO2. The maximum atomic E-state index is 11.4. The average molecular weight is 229 g/mol. The first kappa shape index (κ1) is 15.3. The van der Waals surface area contributed by atoms with E-state index in [-0.39, 0.29) is 6.09 Å². The SMILES string of the molecule is CCC(CCNC(=O)OC(C)(C)C)C(C)C. The Morgan fingerprint density at radius 1 is 1.31 bits per heavy atom. The summed E-state index contributed by atoms with van der Waals surface area (Å²) in [6, 6.07) is 0. The van der Waals surface area contributed by atoms with Gasteiger partial charge >= 0.3 is 6.09 Å². The molecule has 16 heavy (non-hydrogen) atoms. The molecule has 96 valence electrons.